The van der Waals surface area contributed by atoms with E-state index in [1.165, 1.54) is 12.8 Å². The van der Waals surface area contributed by atoms with Gasteiger partial charge in [0.1, 0.15) is 5.75 Å². The Labute approximate surface area is 200 Å². The molecule has 0 N–H and O–H groups in total. The lowest BCUT2D eigenvalue weighted by molar-refractivity contribution is 0.103. The van der Waals surface area contributed by atoms with Gasteiger partial charge in [-0.25, -0.2) is 0 Å². The summed E-state index contributed by atoms with van der Waals surface area (Å²) in [4.78, 5) is 15.9. The summed E-state index contributed by atoms with van der Waals surface area (Å²) in [6, 6.07) is 13.8. The van der Waals surface area contributed by atoms with E-state index in [4.69, 9.17) is 4.74 Å². The maximum atomic E-state index is 13.5. The van der Waals surface area contributed by atoms with E-state index in [1.807, 2.05) is 47.0 Å². The summed E-state index contributed by atoms with van der Waals surface area (Å²) in [7, 11) is 0. The van der Waals surface area contributed by atoms with Crippen LogP contribution in [0, 0.1) is 0 Å². The van der Waals surface area contributed by atoms with Gasteiger partial charge in [-0.1, -0.05) is 33.3 Å². The van der Waals surface area contributed by atoms with Crippen LogP contribution < -0.4 is 4.74 Å². The summed E-state index contributed by atoms with van der Waals surface area (Å²) < 4.78 is 8.84. The number of halogens is 1. The Morgan fingerprint density at radius 3 is 2.47 bits per heavy atom. The van der Waals surface area contributed by atoms with E-state index in [0.29, 0.717) is 12.2 Å². The number of hydrogen-bond donors (Lipinski definition) is 0. The molecule has 0 unspecified atom stereocenters. The van der Waals surface area contributed by atoms with Gasteiger partial charge in [-0.15, -0.1) is 0 Å². The topological polar surface area (TPSA) is 34.0 Å². The molecule has 0 spiro atoms. The average molecular weight is 499 g/mol. The van der Waals surface area contributed by atoms with Gasteiger partial charge in [-0.05, 0) is 96.7 Å². The van der Waals surface area contributed by atoms with Crippen LogP contribution in [0.15, 0.2) is 53.1 Å². The first-order valence-corrected chi connectivity index (χ1v) is 12.7. The largest absolute Gasteiger partial charge is 0.492 e. The van der Waals surface area contributed by atoms with E-state index in [-0.39, 0.29) is 5.78 Å². The number of ketones is 1. The number of carbonyl (C=O) groups is 1. The first kappa shape index (κ1) is 24.5. The number of hydrogen-bond acceptors (Lipinski definition) is 3. The summed E-state index contributed by atoms with van der Waals surface area (Å²) in [6.45, 7) is 10.6. The Bertz CT molecular complexity index is 1020. The standard InChI is InChI=1S/C27H35BrN2O2/c1-4-10-21-19-23-11-7-8-17-30(23)26(21)27(31)22-12-13-25(24(28)20-22)32-18-9-16-29(14-5-2)15-6-3/h7-8,11-13,17,19-20H,4-6,9-10,14-16,18H2,1-3H3. The van der Waals surface area contributed by atoms with Crippen molar-refractivity contribution in [2.45, 2.75) is 52.9 Å². The Kier molecular flexibility index (Phi) is 9.36. The van der Waals surface area contributed by atoms with Gasteiger partial charge in [-0.3, -0.25) is 4.79 Å². The molecule has 0 aliphatic heterocycles. The summed E-state index contributed by atoms with van der Waals surface area (Å²) in [5, 5.41) is 0. The number of ether oxygens (including phenoxy) is 1. The number of rotatable bonds is 13. The first-order chi connectivity index (χ1) is 15.6. The number of pyridine rings is 1. The van der Waals surface area contributed by atoms with Crippen molar-refractivity contribution in [3.05, 3.63) is 70.0 Å². The van der Waals surface area contributed by atoms with Crippen LogP contribution in [0.25, 0.3) is 5.52 Å². The molecule has 0 aliphatic rings. The summed E-state index contributed by atoms with van der Waals surface area (Å²) in [5.74, 6) is 0.828. The molecule has 0 atom stereocenters. The fraction of sp³-hybridized carbons (Fsp3) is 0.444. The van der Waals surface area contributed by atoms with Crippen LogP contribution >= 0.6 is 15.9 Å². The normalized spacial score (nSPS) is 11.4. The van der Waals surface area contributed by atoms with E-state index < -0.39 is 0 Å². The van der Waals surface area contributed by atoms with E-state index in [2.05, 4.69) is 47.7 Å². The second-order valence-electron chi connectivity index (χ2n) is 8.28. The predicted molar refractivity (Wildman–Crippen MR) is 136 cm³/mol. The summed E-state index contributed by atoms with van der Waals surface area (Å²) in [6.07, 6.45) is 7.20. The van der Waals surface area contributed by atoms with Crippen molar-refractivity contribution in [2.24, 2.45) is 0 Å². The molecule has 0 fully saturated rings. The molecule has 5 heteroatoms. The molecule has 172 valence electrons. The fourth-order valence-corrected chi connectivity index (χ4v) is 4.72. The molecular weight excluding hydrogens is 464 g/mol. The maximum Gasteiger partial charge on any atom is 0.210 e. The van der Waals surface area contributed by atoms with Crippen LogP contribution in [0.5, 0.6) is 5.75 Å². The number of fused-ring (bicyclic) bond motifs is 1. The van der Waals surface area contributed by atoms with Gasteiger partial charge in [0.15, 0.2) is 0 Å². The fourth-order valence-electron chi connectivity index (χ4n) is 4.23. The Morgan fingerprint density at radius 1 is 1.00 bits per heavy atom. The van der Waals surface area contributed by atoms with Crippen LogP contribution in [0.1, 0.15) is 68.1 Å². The van der Waals surface area contributed by atoms with Crippen molar-refractivity contribution in [3.63, 3.8) is 0 Å². The first-order valence-electron chi connectivity index (χ1n) is 11.9. The predicted octanol–water partition coefficient (Wildman–Crippen LogP) is 6.78. The highest BCUT2D eigenvalue weighted by molar-refractivity contribution is 9.10. The van der Waals surface area contributed by atoms with Crippen molar-refractivity contribution in [2.75, 3.05) is 26.2 Å². The van der Waals surface area contributed by atoms with Gasteiger partial charge in [0, 0.05) is 23.8 Å². The lowest BCUT2D eigenvalue weighted by Crippen LogP contribution is -2.27. The zero-order chi connectivity index (χ0) is 22.9. The van der Waals surface area contributed by atoms with Crippen molar-refractivity contribution >= 4 is 27.2 Å². The van der Waals surface area contributed by atoms with Crippen molar-refractivity contribution < 1.29 is 9.53 Å². The van der Waals surface area contributed by atoms with E-state index in [9.17, 15) is 4.79 Å². The molecule has 3 aromatic rings. The van der Waals surface area contributed by atoms with Crippen LogP contribution in [0.2, 0.25) is 0 Å². The quantitative estimate of drug-likeness (QED) is 0.192. The molecule has 0 saturated heterocycles. The van der Waals surface area contributed by atoms with Crippen molar-refractivity contribution in [3.8, 4) is 5.75 Å². The Hall–Kier alpha value is -2.11. The number of carbonyl (C=O) groups excluding carboxylic acids is 1. The SMILES string of the molecule is CCCc1cc2ccccn2c1C(=O)c1ccc(OCCCN(CCC)CCC)c(Br)c1. The third-order valence-corrected chi connectivity index (χ3v) is 6.26. The molecule has 3 rings (SSSR count). The summed E-state index contributed by atoms with van der Waals surface area (Å²) in [5.41, 5.74) is 3.58. The van der Waals surface area contributed by atoms with Gasteiger partial charge in [0.25, 0.3) is 0 Å². The molecule has 0 amide bonds. The second-order valence-corrected chi connectivity index (χ2v) is 9.14. The molecule has 0 radical (unpaired) electrons. The van der Waals surface area contributed by atoms with Crippen LogP contribution in [0.3, 0.4) is 0 Å². The van der Waals surface area contributed by atoms with Crippen LogP contribution in [0.4, 0.5) is 0 Å². The van der Waals surface area contributed by atoms with E-state index >= 15 is 0 Å². The monoisotopic (exact) mass is 498 g/mol. The Morgan fingerprint density at radius 2 is 1.78 bits per heavy atom. The average Bonchev–Trinajstić information content (AvgIpc) is 3.15. The molecule has 2 heterocycles. The maximum absolute atomic E-state index is 13.5. The van der Waals surface area contributed by atoms with Crippen molar-refractivity contribution in [1.82, 2.24) is 9.30 Å². The molecule has 2 aromatic heterocycles. The minimum absolute atomic E-state index is 0.0432. The molecule has 0 saturated carbocycles. The number of benzene rings is 1. The highest BCUT2D eigenvalue weighted by Gasteiger charge is 2.19. The number of aryl methyl sites for hydroxylation is 1. The number of aromatic nitrogens is 1. The third kappa shape index (κ3) is 6.02. The zero-order valence-corrected chi connectivity index (χ0v) is 21.2. The minimum Gasteiger partial charge on any atom is -0.492 e. The zero-order valence-electron chi connectivity index (χ0n) is 19.6. The highest BCUT2D eigenvalue weighted by atomic mass is 79.9. The van der Waals surface area contributed by atoms with Crippen LogP contribution in [-0.2, 0) is 6.42 Å². The van der Waals surface area contributed by atoms with E-state index in [0.717, 1.165) is 65.9 Å². The molecule has 0 bridgehead atoms. The van der Waals surface area contributed by atoms with Crippen molar-refractivity contribution in [1.29, 1.82) is 0 Å². The molecule has 0 aliphatic carbocycles. The Balaban J connectivity index is 1.69. The molecule has 4 nitrogen and oxygen atoms in total. The number of nitrogens with zero attached hydrogens (tertiary/aromatic N) is 2. The second kappa shape index (κ2) is 12.2. The smallest absolute Gasteiger partial charge is 0.210 e. The summed E-state index contributed by atoms with van der Waals surface area (Å²) >= 11 is 3.61. The minimum atomic E-state index is 0.0432. The molecular formula is C27H35BrN2O2. The van der Waals surface area contributed by atoms with Gasteiger partial charge in [0.05, 0.1) is 16.8 Å². The van der Waals surface area contributed by atoms with Gasteiger partial charge < -0.3 is 14.0 Å². The molecule has 32 heavy (non-hydrogen) atoms. The van der Waals surface area contributed by atoms with Gasteiger partial charge in [0.2, 0.25) is 5.78 Å². The highest BCUT2D eigenvalue weighted by Crippen LogP contribution is 2.29. The van der Waals surface area contributed by atoms with Crippen LogP contribution in [-0.4, -0.2) is 41.3 Å². The van der Waals surface area contributed by atoms with E-state index in [1.54, 1.807) is 0 Å². The lowest BCUT2D eigenvalue weighted by atomic mass is 10.0. The third-order valence-electron chi connectivity index (χ3n) is 5.64. The van der Waals surface area contributed by atoms with Gasteiger partial charge in [-0.2, -0.15) is 0 Å². The van der Waals surface area contributed by atoms with Gasteiger partial charge >= 0.3 is 0 Å². The molecule has 1 aromatic carbocycles. The lowest BCUT2D eigenvalue weighted by Gasteiger charge is -2.20.